The van der Waals surface area contributed by atoms with Crippen molar-refractivity contribution < 1.29 is 19.0 Å². The molecule has 0 atom stereocenters. The second-order valence-corrected chi connectivity index (χ2v) is 7.20. The van der Waals surface area contributed by atoms with Crippen LogP contribution in [0.3, 0.4) is 0 Å². The highest BCUT2D eigenvalue weighted by molar-refractivity contribution is 5.80. The molecular formula is C23H30N2O4. The van der Waals surface area contributed by atoms with E-state index in [-0.39, 0.29) is 12.3 Å². The average molecular weight is 399 g/mol. The van der Waals surface area contributed by atoms with Crippen LogP contribution in [-0.2, 0) is 24.3 Å². The number of ether oxygens (including phenoxy) is 3. The normalized spacial score (nSPS) is 13.9. The van der Waals surface area contributed by atoms with Gasteiger partial charge in [-0.1, -0.05) is 30.3 Å². The standard InChI is InChI=1S/C23H30N2O4/c1-27-20-11-10-17(22(28-2)23(20)29-3)14-21(26)24-15-18-8-4-5-9-19(18)16-25-12-6-7-13-25/h4-5,8-11H,6-7,12-16H2,1-3H3,(H,24,26). The molecule has 2 aromatic carbocycles. The van der Waals surface area contributed by atoms with Gasteiger partial charge in [-0.2, -0.15) is 0 Å². The van der Waals surface area contributed by atoms with Crippen molar-refractivity contribution in [2.75, 3.05) is 34.4 Å². The predicted octanol–water partition coefficient (Wildman–Crippen LogP) is 3.17. The Morgan fingerprint density at radius 1 is 0.897 bits per heavy atom. The Bertz CT molecular complexity index is 832. The lowest BCUT2D eigenvalue weighted by Crippen LogP contribution is -2.26. The van der Waals surface area contributed by atoms with Crippen LogP contribution in [0.4, 0.5) is 0 Å². The maximum absolute atomic E-state index is 12.6. The number of nitrogens with zero attached hydrogens (tertiary/aromatic N) is 1. The SMILES string of the molecule is COc1ccc(CC(=O)NCc2ccccc2CN2CCCC2)c(OC)c1OC. The van der Waals surface area contributed by atoms with Crippen molar-refractivity contribution in [1.29, 1.82) is 0 Å². The predicted molar refractivity (Wildman–Crippen MR) is 113 cm³/mol. The first-order valence-electron chi connectivity index (χ1n) is 10.00. The third kappa shape index (κ3) is 5.21. The van der Waals surface area contributed by atoms with Gasteiger partial charge in [0.1, 0.15) is 0 Å². The Morgan fingerprint density at radius 2 is 1.59 bits per heavy atom. The van der Waals surface area contributed by atoms with Crippen LogP contribution in [0.5, 0.6) is 17.2 Å². The number of hydrogen-bond donors (Lipinski definition) is 1. The van der Waals surface area contributed by atoms with E-state index in [1.54, 1.807) is 27.4 Å². The molecule has 1 heterocycles. The second-order valence-electron chi connectivity index (χ2n) is 7.20. The van der Waals surface area contributed by atoms with E-state index >= 15 is 0 Å². The fourth-order valence-corrected chi connectivity index (χ4v) is 3.80. The lowest BCUT2D eigenvalue weighted by molar-refractivity contribution is -0.120. The summed E-state index contributed by atoms with van der Waals surface area (Å²) in [5.74, 6) is 1.53. The van der Waals surface area contributed by atoms with Crippen LogP contribution >= 0.6 is 0 Å². The number of carbonyl (C=O) groups is 1. The molecule has 0 saturated carbocycles. The van der Waals surface area contributed by atoms with Crippen LogP contribution in [0.15, 0.2) is 36.4 Å². The highest BCUT2D eigenvalue weighted by Crippen LogP contribution is 2.39. The number of rotatable bonds is 9. The maximum Gasteiger partial charge on any atom is 0.224 e. The van der Waals surface area contributed by atoms with Crippen molar-refractivity contribution >= 4 is 5.91 Å². The van der Waals surface area contributed by atoms with Crippen LogP contribution < -0.4 is 19.5 Å². The first kappa shape index (κ1) is 21.0. The Labute approximate surface area is 172 Å². The number of nitrogens with one attached hydrogen (secondary N) is 1. The van der Waals surface area contributed by atoms with E-state index in [4.69, 9.17) is 14.2 Å². The topological polar surface area (TPSA) is 60.0 Å². The lowest BCUT2D eigenvalue weighted by Gasteiger charge is -2.18. The summed E-state index contributed by atoms with van der Waals surface area (Å²) >= 11 is 0. The molecule has 1 fully saturated rings. The van der Waals surface area contributed by atoms with Crippen LogP contribution in [0.25, 0.3) is 0 Å². The van der Waals surface area contributed by atoms with Crippen LogP contribution in [0.2, 0.25) is 0 Å². The Kier molecular flexibility index (Phi) is 7.36. The molecule has 3 rings (SSSR count). The van der Waals surface area contributed by atoms with Crippen molar-refractivity contribution in [2.24, 2.45) is 0 Å². The highest BCUT2D eigenvalue weighted by atomic mass is 16.5. The third-order valence-electron chi connectivity index (χ3n) is 5.32. The van der Waals surface area contributed by atoms with Gasteiger partial charge in [-0.25, -0.2) is 0 Å². The summed E-state index contributed by atoms with van der Waals surface area (Å²) in [7, 11) is 4.69. The molecular weight excluding hydrogens is 368 g/mol. The first-order chi connectivity index (χ1) is 14.2. The quantitative estimate of drug-likeness (QED) is 0.703. The molecule has 6 heteroatoms. The van der Waals surface area contributed by atoms with Gasteiger partial charge in [0.05, 0.1) is 27.8 Å². The Hall–Kier alpha value is -2.73. The summed E-state index contributed by atoms with van der Waals surface area (Å²) in [5.41, 5.74) is 3.19. The van der Waals surface area contributed by atoms with Crippen LogP contribution in [0.1, 0.15) is 29.5 Å². The summed E-state index contributed by atoms with van der Waals surface area (Å²) in [4.78, 5) is 15.1. The average Bonchev–Trinajstić information content (AvgIpc) is 3.25. The fraction of sp³-hybridized carbons (Fsp3) is 0.435. The summed E-state index contributed by atoms with van der Waals surface area (Å²) < 4.78 is 16.2. The monoisotopic (exact) mass is 398 g/mol. The zero-order valence-corrected chi connectivity index (χ0v) is 17.5. The Balaban J connectivity index is 1.65. The van der Waals surface area contributed by atoms with E-state index in [1.165, 1.54) is 18.4 Å². The number of benzene rings is 2. The molecule has 0 radical (unpaired) electrons. The van der Waals surface area contributed by atoms with Gasteiger partial charge in [-0.05, 0) is 43.1 Å². The molecule has 1 saturated heterocycles. The number of likely N-dealkylation sites (tertiary alicyclic amines) is 1. The minimum atomic E-state index is -0.0634. The van der Waals surface area contributed by atoms with E-state index in [0.717, 1.165) is 30.8 Å². The smallest absolute Gasteiger partial charge is 0.224 e. The summed E-state index contributed by atoms with van der Waals surface area (Å²) in [6.45, 7) is 3.76. The molecule has 156 valence electrons. The largest absolute Gasteiger partial charge is 0.493 e. The van der Waals surface area contributed by atoms with Gasteiger partial charge < -0.3 is 19.5 Å². The summed E-state index contributed by atoms with van der Waals surface area (Å²) in [6.07, 6.45) is 2.75. The van der Waals surface area contributed by atoms with Crippen molar-refractivity contribution in [3.63, 3.8) is 0 Å². The number of methoxy groups -OCH3 is 3. The first-order valence-corrected chi connectivity index (χ1v) is 10.00. The molecule has 1 amide bonds. The van der Waals surface area contributed by atoms with Crippen molar-refractivity contribution in [3.8, 4) is 17.2 Å². The van der Waals surface area contributed by atoms with E-state index < -0.39 is 0 Å². The molecule has 1 N–H and O–H groups in total. The van der Waals surface area contributed by atoms with E-state index in [1.807, 2.05) is 12.1 Å². The van der Waals surface area contributed by atoms with Crippen molar-refractivity contribution in [2.45, 2.75) is 32.4 Å². The zero-order chi connectivity index (χ0) is 20.6. The maximum atomic E-state index is 12.6. The molecule has 1 aliphatic rings. The van der Waals surface area contributed by atoms with Crippen LogP contribution in [-0.4, -0.2) is 45.2 Å². The molecule has 0 aliphatic carbocycles. The zero-order valence-electron chi connectivity index (χ0n) is 17.5. The molecule has 29 heavy (non-hydrogen) atoms. The fourth-order valence-electron chi connectivity index (χ4n) is 3.80. The molecule has 0 bridgehead atoms. The van der Waals surface area contributed by atoms with E-state index in [2.05, 4.69) is 28.4 Å². The van der Waals surface area contributed by atoms with E-state index in [9.17, 15) is 4.79 Å². The number of carbonyl (C=O) groups excluding carboxylic acids is 1. The Morgan fingerprint density at radius 3 is 2.24 bits per heavy atom. The minimum absolute atomic E-state index is 0.0634. The van der Waals surface area contributed by atoms with Crippen molar-refractivity contribution in [3.05, 3.63) is 53.1 Å². The third-order valence-corrected chi connectivity index (χ3v) is 5.32. The van der Waals surface area contributed by atoms with E-state index in [0.29, 0.717) is 23.8 Å². The van der Waals surface area contributed by atoms with Crippen molar-refractivity contribution in [1.82, 2.24) is 10.2 Å². The molecule has 2 aromatic rings. The molecule has 6 nitrogen and oxygen atoms in total. The molecule has 0 unspecified atom stereocenters. The van der Waals surface area contributed by atoms with Gasteiger partial charge in [0.2, 0.25) is 11.7 Å². The van der Waals surface area contributed by atoms with Gasteiger partial charge in [-0.15, -0.1) is 0 Å². The van der Waals surface area contributed by atoms with Gasteiger partial charge in [0.25, 0.3) is 0 Å². The lowest BCUT2D eigenvalue weighted by atomic mass is 10.1. The second kappa shape index (κ2) is 10.2. The van der Waals surface area contributed by atoms with Gasteiger partial charge in [0.15, 0.2) is 11.5 Å². The van der Waals surface area contributed by atoms with Gasteiger partial charge >= 0.3 is 0 Å². The van der Waals surface area contributed by atoms with Gasteiger partial charge in [0, 0.05) is 18.7 Å². The molecule has 0 spiro atoms. The number of hydrogen-bond acceptors (Lipinski definition) is 5. The summed E-state index contributed by atoms with van der Waals surface area (Å²) in [5, 5.41) is 3.05. The summed E-state index contributed by atoms with van der Waals surface area (Å²) in [6, 6.07) is 11.9. The van der Waals surface area contributed by atoms with Gasteiger partial charge in [-0.3, -0.25) is 9.69 Å². The number of amides is 1. The minimum Gasteiger partial charge on any atom is -0.493 e. The molecule has 1 aliphatic heterocycles. The molecule has 0 aromatic heterocycles. The van der Waals surface area contributed by atoms with Crippen LogP contribution in [0, 0.1) is 0 Å². The highest BCUT2D eigenvalue weighted by Gasteiger charge is 2.18.